The fraction of sp³-hybridized carbons (Fsp3) is 0.455. The minimum absolute atomic E-state index is 0.104. The van der Waals surface area contributed by atoms with Crippen LogP contribution >= 0.6 is 22.9 Å². The van der Waals surface area contributed by atoms with Gasteiger partial charge in [0.05, 0.1) is 7.11 Å². The predicted octanol–water partition coefficient (Wildman–Crippen LogP) is 1.62. The summed E-state index contributed by atoms with van der Waals surface area (Å²) >= 11 is 7.24. The van der Waals surface area contributed by atoms with E-state index in [4.69, 9.17) is 11.6 Å². The monoisotopic (exact) mass is 351 g/mol. The molecule has 7 nitrogen and oxygen atoms in total. The lowest BCUT2D eigenvalue weighted by molar-refractivity contribution is -0.140. The molecule has 0 aliphatic carbocycles. The molecule has 0 spiro atoms. The number of hydrogen-bond donors (Lipinski definition) is 0. The van der Waals surface area contributed by atoms with Crippen LogP contribution in [-0.4, -0.2) is 48.3 Å². The van der Waals surface area contributed by atoms with Crippen molar-refractivity contribution in [2.45, 2.75) is 18.4 Å². The van der Waals surface area contributed by atoms with Gasteiger partial charge in [-0.25, -0.2) is 13.4 Å². The molecule has 0 aromatic carbocycles. The number of fused-ring (bicyclic) bond motifs is 1. The van der Waals surface area contributed by atoms with Crippen LogP contribution in [0, 0.1) is 0 Å². The maximum absolute atomic E-state index is 12.7. The smallest absolute Gasteiger partial charge is 0.321 e. The molecule has 0 bridgehead atoms. The van der Waals surface area contributed by atoms with Gasteiger partial charge in [-0.3, -0.25) is 9.20 Å². The van der Waals surface area contributed by atoms with E-state index in [1.165, 1.54) is 22.8 Å². The number of halogens is 1. The predicted molar refractivity (Wildman–Crippen MR) is 79.1 cm³/mol. The molecule has 10 heteroatoms. The fourth-order valence-corrected chi connectivity index (χ4v) is 4.72. The average Bonchev–Trinajstić information content (AvgIpc) is 2.97. The van der Waals surface area contributed by atoms with Crippen molar-refractivity contribution >= 4 is 43.9 Å². The van der Waals surface area contributed by atoms with E-state index in [0.29, 0.717) is 11.4 Å². The Morgan fingerprint density at radius 2 is 2.29 bits per heavy atom. The van der Waals surface area contributed by atoms with E-state index in [2.05, 4.69) is 9.72 Å². The second kappa shape index (κ2) is 6.30. The second-order valence-electron chi connectivity index (χ2n) is 4.18. The maximum atomic E-state index is 12.7. The molecule has 116 valence electrons. The summed E-state index contributed by atoms with van der Waals surface area (Å²) in [5.74, 6) is -0.630. The topological polar surface area (TPSA) is 81.0 Å². The highest BCUT2D eigenvalue weighted by molar-refractivity contribution is 7.89. The number of nitrogens with zero attached hydrogens (tertiary/aromatic N) is 3. The van der Waals surface area contributed by atoms with Crippen molar-refractivity contribution in [3.63, 3.8) is 0 Å². The van der Waals surface area contributed by atoms with Gasteiger partial charge in [-0.2, -0.15) is 4.31 Å². The number of methoxy groups -OCH3 is 1. The zero-order valence-corrected chi connectivity index (χ0v) is 13.8. The summed E-state index contributed by atoms with van der Waals surface area (Å²) in [5, 5.41) is 1.48. The first-order chi connectivity index (χ1) is 9.91. The molecule has 2 rings (SSSR count). The third-order valence-corrected chi connectivity index (χ3v) is 5.77. The van der Waals surface area contributed by atoms with Gasteiger partial charge in [-0.05, 0) is 6.42 Å². The number of imidazole rings is 1. The Labute approximate surface area is 131 Å². The van der Waals surface area contributed by atoms with Gasteiger partial charge < -0.3 is 4.74 Å². The molecule has 0 atom stereocenters. The summed E-state index contributed by atoms with van der Waals surface area (Å²) in [6.07, 6.45) is 2.13. The molecule has 0 saturated heterocycles. The van der Waals surface area contributed by atoms with Crippen molar-refractivity contribution in [1.82, 2.24) is 13.7 Å². The van der Waals surface area contributed by atoms with Crippen LogP contribution in [-0.2, 0) is 19.6 Å². The largest absolute Gasteiger partial charge is 0.468 e. The van der Waals surface area contributed by atoms with Crippen molar-refractivity contribution in [2.75, 3.05) is 20.2 Å². The summed E-state index contributed by atoms with van der Waals surface area (Å²) in [7, 11) is -2.73. The van der Waals surface area contributed by atoms with Crippen LogP contribution in [0.1, 0.15) is 13.3 Å². The Morgan fingerprint density at radius 1 is 1.57 bits per heavy atom. The Morgan fingerprint density at radius 3 is 2.90 bits per heavy atom. The van der Waals surface area contributed by atoms with Gasteiger partial charge in [0, 0.05) is 18.1 Å². The maximum Gasteiger partial charge on any atom is 0.321 e. The van der Waals surface area contributed by atoms with Crippen LogP contribution in [0.5, 0.6) is 0 Å². The summed E-state index contributed by atoms with van der Waals surface area (Å²) in [4.78, 5) is 15.9. The zero-order chi connectivity index (χ0) is 15.6. The van der Waals surface area contributed by atoms with E-state index in [1.54, 1.807) is 11.6 Å². The van der Waals surface area contributed by atoms with Crippen LogP contribution in [0.4, 0.5) is 0 Å². The molecule has 0 fully saturated rings. The van der Waals surface area contributed by atoms with Crippen molar-refractivity contribution in [3.05, 3.63) is 16.7 Å². The van der Waals surface area contributed by atoms with E-state index >= 15 is 0 Å². The van der Waals surface area contributed by atoms with E-state index < -0.39 is 16.0 Å². The molecule has 0 unspecified atom stereocenters. The first kappa shape index (κ1) is 16.2. The number of sulfonamides is 1. The summed E-state index contributed by atoms with van der Waals surface area (Å²) < 4.78 is 32.5. The average molecular weight is 352 g/mol. The van der Waals surface area contributed by atoms with Crippen molar-refractivity contribution in [2.24, 2.45) is 0 Å². The Kier molecular flexibility index (Phi) is 4.87. The molecule has 21 heavy (non-hydrogen) atoms. The van der Waals surface area contributed by atoms with Crippen LogP contribution in [0.3, 0.4) is 0 Å². The zero-order valence-electron chi connectivity index (χ0n) is 11.4. The number of hydrogen-bond acceptors (Lipinski definition) is 6. The van der Waals surface area contributed by atoms with E-state index in [1.807, 2.05) is 6.92 Å². The lowest BCUT2D eigenvalue weighted by atomic mass is 10.5. The van der Waals surface area contributed by atoms with E-state index in [0.717, 1.165) is 4.31 Å². The highest BCUT2D eigenvalue weighted by Gasteiger charge is 2.32. The van der Waals surface area contributed by atoms with Crippen LogP contribution in [0.25, 0.3) is 4.96 Å². The molecule has 0 N–H and O–H groups in total. The van der Waals surface area contributed by atoms with Gasteiger partial charge in [0.1, 0.15) is 6.54 Å². The number of thiazole rings is 1. The van der Waals surface area contributed by atoms with Gasteiger partial charge in [0.15, 0.2) is 15.1 Å². The van der Waals surface area contributed by atoms with E-state index in [-0.39, 0.29) is 23.3 Å². The Hall–Kier alpha value is -1.16. The number of carbonyl (C=O) groups excluding carboxylic acids is 1. The third kappa shape index (κ3) is 3.05. The number of carbonyl (C=O) groups is 1. The Balaban J connectivity index is 2.49. The van der Waals surface area contributed by atoms with Crippen LogP contribution in [0.15, 0.2) is 16.6 Å². The van der Waals surface area contributed by atoms with Crippen LogP contribution in [0.2, 0.25) is 5.15 Å². The molecule has 2 aromatic rings. The number of rotatable bonds is 6. The van der Waals surface area contributed by atoms with Gasteiger partial charge >= 0.3 is 5.97 Å². The molecular weight excluding hydrogens is 338 g/mol. The first-order valence-electron chi connectivity index (χ1n) is 6.09. The summed E-state index contributed by atoms with van der Waals surface area (Å²) in [6.45, 7) is 1.64. The molecule has 2 heterocycles. The molecule has 0 saturated carbocycles. The number of ether oxygens (including phenoxy) is 1. The third-order valence-electron chi connectivity index (χ3n) is 2.77. The quantitative estimate of drug-likeness (QED) is 0.739. The van der Waals surface area contributed by atoms with Gasteiger partial charge in [-0.1, -0.05) is 18.5 Å². The molecule has 2 aromatic heterocycles. The lowest BCUT2D eigenvalue weighted by Gasteiger charge is -2.19. The number of esters is 1. The van der Waals surface area contributed by atoms with Crippen molar-refractivity contribution in [1.29, 1.82) is 0 Å². The van der Waals surface area contributed by atoms with E-state index in [9.17, 15) is 13.2 Å². The fourth-order valence-electron chi connectivity index (χ4n) is 1.83. The second-order valence-corrected chi connectivity index (χ2v) is 7.26. The lowest BCUT2D eigenvalue weighted by Crippen LogP contribution is -2.37. The number of aromatic nitrogens is 2. The minimum Gasteiger partial charge on any atom is -0.468 e. The SMILES string of the molecule is CCCN(CC(=O)OC)S(=O)(=O)c1c(Cl)nc2sccn12. The molecule has 0 amide bonds. The standard InChI is InChI=1S/C11H14ClN3O4S2/c1-3-4-14(7-8(16)19-2)21(17,18)10-9(12)13-11-15(10)5-6-20-11/h5-6H,3-4,7H2,1-2H3. The highest BCUT2D eigenvalue weighted by Crippen LogP contribution is 2.28. The minimum atomic E-state index is -3.94. The Bertz CT molecular complexity index is 753. The van der Waals surface area contributed by atoms with Crippen LogP contribution < -0.4 is 0 Å². The van der Waals surface area contributed by atoms with Gasteiger partial charge in [0.25, 0.3) is 10.0 Å². The molecular formula is C11H14ClN3O4S2. The summed E-state index contributed by atoms with van der Waals surface area (Å²) in [5.41, 5.74) is 0. The highest BCUT2D eigenvalue weighted by atomic mass is 35.5. The molecule has 0 aliphatic heterocycles. The van der Waals surface area contributed by atoms with Crippen molar-refractivity contribution < 1.29 is 17.9 Å². The molecule has 0 radical (unpaired) electrons. The molecule has 0 aliphatic rings. The van der Waals surface area contributed by atoms with Crippen molar-refractivity contribution in [3.8, 4) is 0 Å². The van der Waals surface area contributed by atoms with Gasteiger partial charge in [0.2, 0.25) is 0 Å². The first-order valence-corrected chi connectivity index (χ1v) is 8.79. The van der Waals surface area contributed by atoms with Gasteiger partial charge in [-0.15, -0.1) is 11.3 Å². The normalized spacial score (nSPS) is 12.2. The summed E-state index contributed by atoms with van der Waals surface area (Å²) in [6, 6.07) is 0.